The summed E-state index contributed by atoms with van der Waals surface area (Å²) in [7, 11) is 0. The number of benzene rings is 4. The summed E-state index contributed by atoms with van der Waals surface area (Å²) in [5.74, 6) is -0.334. The second-order valence-electron chi connectivity index (χ2n) is 7.23. The second-order valence-corrected chi connectivity index (χ2v) is 9.48. The van der Waals surface area contributed by atoms with Gasteiger partial charge in [-0.05, 0) is 54.0 Å². The van der Waals surface area contributed by atoms with Gasteiger partial charge >= 0.3 is 0 Å². The number of thiocarbonyl (C=S) groups is 1. The topological polar surface area (TPSA) is 54.0 Å². The lowest BCUT2D eigenvalue weighted by Crippen LogP contribution is -2.34. The third kappa shape index (κ3) is 4.43. The molecule has 0 atom stereocenters. The first-order chi connectivity index (χ1) is 16.0. The van der Waals surface area contributed by atoms with E-state index < -0.39 is 0 Å². The number of nitrogens with zero attached hydrogens (tertiary/aromatic N) is 1. The molecule has 0 spiro atoms. The fourth-order valence-electron chi connectivity index (χ4n) is 3.54. The maximum atomic E-state index is 12.9. The molecule has 1 amide bonds. The number of anilines is 1. The summed E-state index contributed by atoms with van der Waals surface area (Å²) in [4.78, 5) is 17.6. The molecule has 162 valence electrons. The van der Waals surface area contributed by atoms with Crippen LogP contribution in [-0.4, -0.2) is 16.0 Å². The molecular formula is C25H15Cl2N3OS2. The van der Waals surface area contributed by atoms with Gasteiger partial charge in [-0.15, -0.1) is 11.3 Å². The smallest absolute Gasteiger partial charge is 0.258 e. The standard InChI is InChI=1S/C25H15Cl2N3OS2/c26-18-8-4-5-15-16(18)6-3-7-17(15)23(31)30-25(32)29-21-13-14(11-12-19(21)27)24-28-20-9-1-2-10-22(20)33-24/h1-13H,(H2,29,30,31,32). The van der Waals surface area contributed by atoms with Crippen LogP contribution in [0.15, 0.2) is 78.9 Å². The van der Waals surface area contributed by atoms with Crippen molar-refractivity contribution < 1.29 is 4.79 Å². The van der Waals surface area contributed by atoms with Gasteiger partial charge in [0, 0.05) is 21.5 Å². The number of rotatable bonds is 3. The molecule has 0 bridgehead atoms. The Kier molecular flexibility index (Phi) is 6.00. The van der Waals surface area contributed by atoms with Crippen LogP contribution in [0.2, 0.25) is 10.0 Å². The number of hydrogen-bond acceptors (Lipinski definition) is 4. The van der Waals surface area contributed by atoms with Crippen LogP contribution in [0.4, 0.5) is 5.69 Å². The van der Waals surface area contributed by atoms with E-state index in [-0.39, 0.29) is 11.0 Å². The summed E-state index contributed by atoms with van der Waals surface area (Å²) in [6.07, 6.45) is 0. The highest BCUT2D eigenvalue weighted by molar-refractivity contribution is 7.80. The molecule has 0 saturated heterocycles. The largest absolute Gasteiger partial charge is 0.331 e. The van der Waals surface area contributed by atoms with Crippen molar-refractivity contribution in [3.05, 3.63) is 94.5 Å². The Bertz CT molecular complexity index is 1510. The first-order valence-electron chi connectivity index (χ1n) is 9.95. The average molecular weight is 508 g/mol. The van der Waals surface area contributed by atoms with Crippen molar-refractivity contribution in [1.82, 2.24) is 10.3 Å². The van der Waals surface area contributed by atoms with Crippen molar-refractivity contribution >= 4 is 84.5 Å². The predicted molar refractivity (Wildman–Crippen MR) is 143 cm³/mol. The number of carbonyl (C=O) groups excluding carboxylic acids is 1. The third-order valence-electron chi connectivity index (χ3n) is 5.10. The minimum absolute atomic E-state index is 0.141. The maximum Gasteiger partial charge on any atom is 0.258 e. The number of halogens is 2. The number of nitrogens with one attached hydrogen (secondary N) is 2. The Morgan fingerprint density at radius 3 is 2.52 bits per heavy atom. The molecule has 0 radical (unpaired) electrons. The fraction of sp³-hybridized carbons (Fsp3) is 0. The molecule has 0 aliphatic rings. The number of fused-ring (bicyclic) bond motifs is 2. The van der Waals surface area contributed by atoms with Crippen LogP contribution in [0.25, 0.3) is 31.6 Å². The van der Waals surface area contributed by atoms with E-state index >= 15 is 0 Å². The van der Waals surface area contributed by atoms with Crippen LogP contribution in [0.3, 0.4) is 0 Å². The summed E-state index contributed by atoms with van der Waals surface area (Å²) in [6.45, 7) is 0. The van der Waals surface area contributed by atoms with E-state index in [1.807, 2.05) is 54.6 Å². The van der Waals surface area contributed by atoms with Crippen LogP contribution in [0.5, 0.6) is 0 Å². The van der Waals surface area contributed by atoms with Crippen LogP contribution in [0.1, 0.15) is 10.4 Å². The van der Waals surface area contributed by atoms with E-state index in [4.69, 9.17) is 40.4 Å². The van der Waals surface area contributed by atoms with Gasteiger partial charge < -0.3 is 5.32 Å². The highest BCUT2D eigenvalue weighted by Gasteiger charge is 2.14. The highest BCUT2D eigenvalue weighted by Crippen LogP contribution is 2.34. The average Bonchev–Trinajstić information content (AvgIpc) is 3.25. The van der Waals surface area contributed by atoms with Gasteiger partial charge in [0.05, 0.1) is 20.9 Å². The first kappa shape index (κ1) is 21.8. The molecule has 1 heterocycles. The molecule has 5 rings (SSSR count). The third-order valence-corrected chi connectivity index (χ3v) is 7.04. The lowest BCUT2D eigenvalue weighted by molar-refractivity contribution is 0.0979. The molecule has 4 aromatic carbocycles. The lowest BCUT2D eigenvalue weighted by Gasteiger charge is -2.13. The van der Waals surface area contributed by atoms with Crippen LogP contribution >= 0.6 is 46.8 Å². The summed E-state index contributed by atoms with van der Waals surface area (Å²) >= 11 is 19.6. The zero-order chi connectivity index (χ0) is 22.9. The predicted octanol–water partition coefficient (Wildman–Crippen LogP) is 7.55. The quantitative estimate of drug-likeness (QED) is 0.247. The molecule has 33 heavy (non-hydrogen) atoms. The summed E-state index contributed by atoms with van der Waals surface area (Å²) < 4.78 is 1.11. The van der Waals surface area contributed by atoms with E-state index in [0.29, 0.717) is 21.3 Å². The Hall–Kier alpha value is -3.03. The molecule has 2 N–H and O–H groups in total. The van der Waals surface area contributed by atoms with Gasteiger partial charge in [0.1, 0.15) is 5.01 Å². The van der Waals surface area contributed by atoms with Crippen molar-refractivity contribution in [2.24, 2.45) is 0 Å². The van der Waals surface area contributed by atoms with Crippen molar-refractivity contribution in [3.63, 3.8) is 0 Å². The molecule has 0 fully saturated rings. The molecule has 1 aromatic heterocycles. The van der Waals surface area contributed by atoms with E-state index in [0.717, 1.165) is 31.6 Å². The van der Waals surface area contributed by atoms with Crippen molar-refractivity contribution in [3.8, 4) is 10.6 Å². The van der Waals surface area contributed by atoms with Gasteiger partial charge in [0.15, 0.2) is 5.11 Å². The molecule has 4 nitrogen and oxygen atoms in total. The van der Waals surface area contributed by atoms with Crippen LogP contribution in [-0.2, 0) is 0 Å². The normalized spacial score (nSPS) is 11.0. The molecule has 0 saturated carbocycles. The lowest BCUT2D eigenvalue weighted by atomic mass is 10.0. The van der Waals surface area contributed by atoms with E-state index in [1.54, 1.807) is 35.6 Å². The minimum Gasteiger partial charge on any atom is -0.331 e. The number of aromatic nitrogens is 1. The van der Waals surface area contributed by atoms with Gasteiger partial charge in [-0.2, -0.15) is 0 Å². The molecule has 0 aliphatic carbocycles. The Labute approximate surface area is 209 Å². The van der Waals surface area contributed by atoms with Crippen molar-refractivity contribution in [2.45, 2.75) is 0 Å². The van der Waals surface area contributed by atoms with Gasteiger partial charge in [0.25, 0.3) is 5.91 Å². The van der Waals surface area contributed by atoms with Crippen molar-refractivity contribution in [2.75, 3.05) is 5.32 Å². The Morgan fingerprint density at radius 1 is 0.879 bits per heavy atom. The molecule has 8 heteroatoms. The summed E-state index contributed by atoms with van der Waals surface area (Å²) in [6, 6.07) is 24.4. The van der Waals surface area contributed by atoms with Crippen LogP contribution < -0.4 is 10.6 Å². The van der Waals surface area contributed by atoms with E-state index in [9.17, 15) is 4.79 Å². The number of para-hydroxylation sites is 1. The number of thiazole rings is 1. The van der Waals surface area contributed by atoms with E-state index in [2.05, 4.69) is 10.6 Å². The van der Waals surface area contributed by atoms with Gasteiger partial charge in [0.2, 0.25) is 0 Å². The van der Waals surface area contributed by atoms with Crippen molar-refractivity contribution in [1.29, 1.82) is 0 Å². The van der Waals surface area contributed by atoms with Gasteiger partial charge in [-0.25, -0.2) is 4.98 Å². The molecule has 0 aliphatic heterocycles. The Morgan fingerprint density at radius 2 is 1.67 bits per heavy atom. The first-order valence-corrected chi connectivity index (χ1v) is 11.9. The second kappa shape index (κ2) is 9.08. The SMILES string of the molecule is O=C(NC(=S)Nc1cc(-c2nc3ccccc3s2)ccc1Cl)c1cccc2c(Cl)cccc12. The van der Waals surface area contributed by atoms with Gasteiger partial charge in [-0.3, -0.25) is 10.1 Å². The maximum absolute atomic E-state index is 12.9. The molecule has 5 aromatic rings. The zero-order valence-corrected chi connectivity index (χ0v) is 20.1. The summed E-state index contributed by atoms with van der Waals surface area (Å²) in [5.41, 5.74) is 2.91. The Balaban J connectivity index is 1.37. The highest BCUT2D eigenvalue weighted by atomic mass is 35.5. The zero-order valence-electron chi connectivity index (χ0n) is 16.9. The summed E-state index contributed by atoms with van der Waals surface area (Å²) in [5, 5.41) is 9.40. The van der Waals surface area contributed by atoms with Gasteiger partial charge in [-0.1, -0.05) is 65.7 Å². The number of carbonyl (C=O) groups is 1. The number of hydrogen-bond donors (Lipinski definition) is 2. The number of amides is 1. The molecular weight excluding hydrogens is 493 g/mol. The monoisotopic (exact) mass is 507 g/mol. The fourth-order valence-corrected chi connectivity index (χ4v) is 5.11. The van der Waals surface area contributed by atoms with E-state index in [1.165, 1.54) is 0 Å². The minimum atomic E-state index is -0.334. The van der Waals surface area contributed by atoms with Crippen LogP contribution in [0, 0.1) is 0 Å². The molecule has 0 unspecified atom stereocenters.